The Labute approximate surface area is 90.8 Å². The third-order valence-electron chi connectivity index (χ3n) is 1.93. The quantitative estimate of drug-likeness (QED) is 0.848. The molecule has 0 amide bonds. The number of rotatable bonds is 2. The van der Waals surface area contributed by atoms with Crippen molar-refractivity contribution in [3.8, 4) is 10.6 Å². The van der Waals surface area contributed by atoms with E-state index in [-0.39, 0.29) is 5.82 Å². The van der Waals surface area contributed by atoms with Gasteiger partial charge < -0.3 is 5.73 Å². The first kappa shape index (κ1) is 10.2. The Kier molecular flexibility index (Phi) is 2.75. The summed E-state index contributed by atoms with van der Waals surface area (Å²) in [6, 6.07) is 4.81. The van der Waals surface area contributed by atoms with Crippen molar-refractivity contribution in [1.29, 1.82) is 0 Å². The molecule has 0 unspecified atom stereocenters. The maximum atomic E-state index is 13.1. The fourth-order valence-corrected chi connectivity index (χ4v) is 2.02. The second-order valence-corrected chi connectivity index (χ2v) is 4.28. The molecule has 0 aliphatic heterocycles. The summed E-state index contributed by atoms with van der Waals surface area (Å²) in [5.74, 6) is -0.255. The van der Waals surface area contributed by atoms with Crippen molar-refractivity contribution in [2.45, 2.75) is 13.5 Å². The summed E-state index contributed by atoms with van der Waals surface area (Å²) < 4.78 is 13.1. The predicted octanol–water partition coefficient (Wildman–Crippen LogP) is 2.11. The van der Waals surface area contributed by atoms with Crippen LogP contribution in [-0.4, -0.2) is 10.2 Å². The largest absolute Gasteiger partial charge is 0.324 e. The highest BCUT2D eigenvalue weighted by atomic mass is 32.1. The summed E-state index contributed by atoms with van der Waals surface area (Å²) in [4.78, 5) is 0. The summed E-state index contributed by atoms with van der Waals surface area (Å²) in [7, 11) is 0. The number of aromatic nitrogens is 2. The molecular formula is C10H10FN3S. The average molecular weight is 223 g/mol. The maximum Gasteiger partial charge on any atom is 0.147 e. The first-order valence-electron chi connectivity index (χ1n) is 4.49. The fraction of sp³-hybridized carbons (Fsp3) is 0.200. The molecule has 78 valence electrons. The van der Waals surface area contributed by atoms with Gasteiger partial charge in [-0.05, 0) is 30.7 Å². The van der Waals surface area contributed by atoms with Crippen LogP contribution in [0, 0.1) is 12.7 Å². The van der Waals surface area contributed by atoms with Gasteiger partial charge in [-0.1, -0.05) is 11.3 Å². The molecule has 1 aromatic heterocycles. The first-order chi connectivity index (χ1) is 7.19. The molecule has 1 heterocycles. The van der Waals surface area contributed by atoms with E-state index in [4.69, 9.17) is 5.73 Å². The lowest BCUT2D eigenvalue weighted by Crippen LogP contribution is -1.94. The van der Waals surface area contributed by atoms with Crippen LogP contribution in [0.25, 0.3) is 10.6 Å². The van der Waals surface area contributed by atoms with Crippen LogP contribution >= 0.6 is 11.3 Å². The number of hydrogen-bond acceptors (Lipinski definition) is 4. The van der Waals surface area contributed by atoms with Gasteiger partial charge in [0.1, 0.15) is 15.8 Å². The normalized spacial score (nSPS) is 10.6. The number of aryl methyl sites for hydroxylation is 1. The van der Waals surface area contributed by atoms with E-state index in [9.17, 15) is 4.39 Å². The van der Waals surface area contributed by atoms with E-state index in [0.29, 0.717) is 11.6 Å². The van der Waals surface area contributed by atoms with Gasteiger partial charge in [0, 0.05) is 12.1 Å². The highest BCUT2D eigenvalue weighted by Crippen LogP contribution is 2.24. The van der Waals surface area contributed by atoms with Crippen molar-refractivity contribution in [1.82, 2.24) is 10.2 Å². The van der Waals surface area contributed by atoms with Crippen LogP contribution in [0.5, 0.6) is 0 Å². The Balaban J connectivity index is 2.44. The van der Waals surface area contributed by atoms with Gasteiger partial charge in [0.2, 0.25) is 0 Å². The van der Waals surface area contributed by atoms with Crippen molar-refractivity contribution in [3.63, 3.8) is 0 Å². The first-order valence-corrected chi connectivity index (χ1v) is 5.30. The molecule has 5 heteroatoms. The van der Waals surface area contributed by atoms with Gasteiger partial charge in [0.05, 0.1) is 0 Å². The van der Waals surface area contributed by atoms with Crippen LogP contribution in [0.2, 0.25) is 0 Å². The van der Waals surface area contributed by atoms with Crippen molar-refractivity contribution in [2.75, 3.05) is 0 Å². The van der Waals surface area contributed by atoms with Gasteiger partial charge in [-0.25, -0.2) is 4.39 Å². The molecule has 0 saturated heterocycles. The van der Waals surface area contributed by atoms with Crippen molar-refractivity contribution in [2.24, 2.45) is 5.73 Å². The predicted molar refractivity (Wildman–Crippen MR) is 57.9 cm³/mol. The molecule has 3 nitrogen and oxygen atoms in total. The van der Waals surface area contributed by atoms with E-state index in [1.807, 2.05) is 13.0 Å². The fourth-order valence-electron chi connectivity index (χ4n) is 1.31. The molecule has 0 aliphatic rings. The Morgan fingerprint density at radius 1 is 1.33 bits per heavy atom. The van der Waals surface area contributed by atoms with Crippen LogP contribution in [0.1, 0.15) is 10.6 Å². The van der Waals surface area contributed by atoms with E-state index in [2.05, 4.69) is 10.2 Å². The molecule has 0 fully saturated rings. The van der Waals surface area contributed by atoms with Gasteiger partial charge in [-0.2, -0.15) is 0 Å². The molecule has 0 radical (unpaired) electrons. The van der Waals surface area contributed by atoms with Crippen molar-refractivity contribution < 1.29 is 4.39 Å². The molecule has 1 aromatic carbocycles. The van der Waals surface area contributed by atoms with Gasteiger partial charge in [-0.3, -0.25) is 0 Å². The lowest BCUT2D eigenvalue weighted by Gasteiger charge is -1.98. The highest BCUT2D eigenvalue weighted by Gasteiger charge is 2.07. The smallest absolute Gasteiger partial charge is 0.147 e. The van der Waals surface area contributed by atoms with E-state index in [1.165, 1.54) is 23.5 Å². The van der Waals surface area contributed by atoms with Gasteiger partial charge in [-0.15, -0.1) is 10.2 Å². The molecule has 0 spiro atoms. The van der Waals surface area contributed by atoms with Crippen LogP contribution < -0.4 is 5.73 Å². The zero-order chi connectivity index (χ0) is 10.8. The average Bonchev–Trinajstić information content (AvgIpc) is 2.64. The maximum absolute atomic E-state index is 13.1. The minimum absolute atomic E-state index is 0.255. The molecule has 0 atom stereocenters. The zero-order valence-corrected chi connectivity index (χ0v) is 9.01. The van der Waals surface area contributed by atoms with Gasteiger partial charge >= 0.3 is 0 Å². The summed E-state index contributed by atoms with van der Waals surface area (Å²) in [5.41, 5.74) is 7.06. The molecule has 2 aromatic rings. The van der Waals surface area contributed by atoms with Crippen molar-refractivity contribution >= 4 is 11.3 Å². The standard InChI is InChI=1S/C10H10FN3S/c1-6-2-7(4-8(11)3-6)10-14-13-9(5-12)15-10/h2-4H,5,12H2,1H3. The lowest BCUT2D eigenvalue weighted by molar-refractivity contribution is 0.627. The topological polar surface area (TPSA) is 51.8 Å². The third kappa shape index (κ3) is 2.19. The zero-order valence-electron chi connectivity index (χ0n) is 8.20. The Bertz CT molecular complexity index is 461. The molecule has 0 saturated carbocycles. The lowest BCUT2D eigenvalue weighted by atomic mass is 10.1. The monoisotopic (exact) mass is 223 g/mol. The number of halogens is 1. The van der Waals surface area contributed by atoms with E-state index in [1.54, 1.807) is 0 Å². The molecular weight excluding hydrogens is 213 g/mol. The van der Waals surface area contributed by atoms with E-state index >= 15 is 0 Å². The molecule has 2 rings (SSSR count). The van der Waals surface area contributed by atoms with E-state index in [0.717, 1.165) is 16.1 Å². The molecule has 15 heavy (non-hydrogen) atoms. The third-order valence-corrected chi connectivity index (χ3v) is 2.93. The molecule has 0 bridgehead atoms. The van der Waals surface area contributed by atoms with Crippen LogP contribution in [-0.2, 0) is 6.54 Å². The second-order valence-electron chi connectivity index (χ2n) is 3.22. The Morgan fingerprint density at radius 2 is 2.13 bits per heavy atom. The van der Waals surface area contributed by atoms with Gasteiger partial charge in [0.15, 0.2) is 0 Å². The second kappa shape index (κ2) is 4.04. The highest BCUT2D eigenvalue weighted by molar-refractivity contribution is 7.14. The van der Waals surface area contributed by atoms with Crippen LogP contribution in [0.4, 0.5) is 4.39 Å². The Hall–Kier alpha value is -1.33. The minimum atomic E-state index is -0.255. The summed E-state index contributed by atoms with van der Waals surface area (Å²) in [6.07, 6.45) is 0. The number of benzene rings is 1. The summed E-state index contributed by atoms with van der Waals surface area (Å²) in [5, 5.41) is 9.32. The van der Waals surface area contributed by atoms with E-state index < -0.39 is 0 Å². The summed E-state index contributed by atoms with van der Waals surface area (Å²) in [6.45, 7) is 2.21. The summed E-state index contributed by atoms with van der Waals surface area (Å²) >= 11 is 1.39. The number of hydrogen-bond donors (Lipinski definition) is 1. The van der Waals surface area contributed by atoms with Crippen molar-refractivity contribution in [3.05, 3.63) is 34.6 Å². The molecule has 2 N–H and O–H groups in total. The SMILES string of the molecule is Cc1cc(F)cc(-c2nnc(CN)s2)c1. The van der Waals surface area contributed by atoms with Crippen LogP contribution in [0.3, 0.4) is 0 Å². The van der Waals surface area contributed by atoms with Crippen LogP contribution in [0.15, 0.2) is 18.2 Å². The Morgan fingerprint density at radius 3 is 2.73 bits per heavy atom. The minimum Gasteiger partial charge on any atom is -0.324 e. The molecule has 0 aliphatic carbocycles. The number of nitrogens with zero attached hydrogens (tertiary/aromatic N) is 2. The van der Waals surface area contributed by atoms with Gasteiger partial charge in [0.25, 0.3) is 0 Å². The number of nitrogens with two attached hydrogens (primary N) is 1.